The molecule has 7 rings (SSSR count). The lowest BCUT2D eigenvalue weighted by Gasteiger charge is -2.34. The first-order chi connectivity index (χ1) is 19.5. The van der Waals surface area contributed by atoms with E-state index in [2.05, 4.69) is 45.2 Å². The molecule has 2 aliphatic heterocycles. The predicted octanol–water partition coefficient (Wildman–Crippen LogP) is 5.10. The Morgan fingerprint density at radius 2 is 1.82 bits per heavy atom. The maximum absolute atomic E-state index is 13.6. The molecule has 2 aromatic carbocycles. The number of nitrogens with zero attached hydrogens (tertiary/aromatic N) is 6. The Morgan fingerprint density at radius 3 is 2.52 bits per heavy atom. The van der Waals surface area contributed by atoms with Gasteiger partial charge in [0.1, 0.15) is 6.17 Å². The van der Waals surface area contributed by atoms with Crippen molar-refractivity contribution in [3.8, 4) is 11.3 Å². The van der Waals surface area contributed by atoms with Gasteiger partial charge in [0, 0.05) is 43.0 Å². The molecule has 204 valence electrons. The number of aromatic nitrogens is 5. The number of rotatable bonds is 5. The van der Waals surface area contributed by atoms with E-state index in [1.165, 1.54) is 5.56 Å². The minimum atomic E-state index is -0.942. The zero-order chi connectivity index (χ0) is 27.4. The second-order valence-corrected chi connectivity index (χ2v) is 11.0. The van der Waals surface area contributed by atoms with Crippen LogP contribution in [0.5, 0.6) is 0 Å². The van der Waals surface area contributed by atoms with Gasteiger partial charge in [0.05, 0.1) is 47.1 Å². The SMILES string of the molecule is Cc1nnn(C)c1-c1cnc2c3ccc(C(=O)N4CC(F)C4)cc3n(C(c3ccccc3)C3CCOCC3)c2c1. The lowest BCUT2D eigenvalue weighted by molar-refractivity contribution is 0.0400. The molecule has 3 aromatic heterocycles. The van der Waals surface area contributed by atoms with Crippen molar-refractivity contribution in [2.75, 3.05) is 26.3 Å². The summed E-state index contributed by atoms with van der Waals surface area (Å²) in [5.41, 5.74) is 7.28. The van der Waals surface area contributed by atoms with Crippen molar-refractivity contribution >= 4 is 27.8 Å². The summed E-state index contributed by atoms with van der Waals surface area (Å²) in [5, 5.41) is 9.45. The minimum Gasteiger partial charge on any atom is -0.381 e. The molecule has 0 radical (unpaired) electrons. The van der Waals surface area contributed by atoms with E-state index >= 15 is 0 Å². The van der Waals surface area contributed by atoms with Gasteiger partial charge in [-0.1, -0.05) is 35.5 Å². The number of benzene rings is 2. The van der Waals surface area contributed by atoms with Gasteiger partial charge in [-0.2, -0.15) is 0 Å². The van der Waals surface area contributed by atoms with Crippen LogP contribution in [0.4, 0.5) is 4.39 Å². The molecule has 1 atom stereocenters. The number of likely N-dealkylation sites (tertiary alicyclic amines) is 1. The second kappa shape index (κ2) is 9.82. The van der Waals surface area contributed by atoms with E-state index < -0.39 is 6.17 Å². The third-order valence-electron chi connectivity index (χ3n) is 8.41. The molecule has 9 heteroatoms. The van der Waals surface area contributed by atoms with Gasteiger partial charge >= 0.3 is 0 Å². The van der Waals surface area contributed by atoms with E-state index in [4.69, 9.17) is 9.72 Å². The molecule has 1 amide bonds. The summed E-state index contributed by atoms with van der Waals surface area (Å²) >= 11 is 0. The molecule has 1 unspecified atom stereocenters. The van der Waals surface area contributed by atoms with E-state index in [0.29, 0.717) is 11.5 Å². The average Bonchev–Trinajstić information content (AvgIpc) is 3.47. The number of carbonyl (C=O) groups excluding carboxylic acids is 1. The summed E-state index contributed by atoms with van der Waals surface area (Å²) < 4.78 is 23.5. The lowest BCUT2D eigenvalue weighted by Crippen LogP contribution is -2.51. The number of pyridine rings is 1. The summed E-state index contributed by atoms with van der Waals surface area (Å²) in [4.78, 5) is 19.8. The first-order valence-corrected chi connectivity index (χ1v) is 13.9. The van der Waals surface area contributed by atoms with Gasteiger partial charge in [0.25, 0.3) is 5.91 Å². The Kier molecular flexibility index (Phi) is 6.11. The van der Waals surface area contributed by atoms with Crippen molar-refractivity contribution in [3.05, 3.63) is 77.6 Å². The van der Waals surface area contributed by atoms with E-state index in [1.54, 1.807) is 9.58 Å². The maximum atomic E-state index is 13.6. The molecule has 0 aliphatic carbocycles. The van der Waals surface area contributed by atoms with E-state index in [9.17, 15) is 9.18 Å². The van der Waals surface area contributed by atoms with Crippen LogP contribution >= 0.6 is 0 Å². The van der Waals surface area contributed by atoms with Gasteiger partial charge in [-0.05, 0) is 55.5 Å². The van der Waals surface area contributed by atoms with Crippen LogP contribution in [-0.2, 0) is 11.8 Å². The molecule has 2 fully saturated rings. The molecule has 2 aliphatic rings. The van der Waals surface area contributed by atoms with E-state index in [-0.39, 0.29) is 25.0 Å². The first-order valence-electron chi connectivity index (χ1n) is 13.9. The van der Waals surface area contributed by atoms with Crippen LogP contribution in [0.25, 0.3) is 33.2 Å². The third-order valence-corrected chi connectivity index (χ3v) is 8.41. The Morgan fingerprint density at radius 1 is 1.05 bits per heavy atom. The van der Waals surface area contributed by atoms with Crippen LogP contribution in [0.1, 0.15) is 40.5 Å². The lowest BCUT2D eigenvalue weighted by atomic mass is 9.86. The van der Waals surface area contributed by atoms with Gasteiger partial charge in [-0.3, -0.25) is 9.78 Å². The maximum Gasteiger partial charge on any atom is 0.254 e. The van der Waals surface area contributed by atoms with Crippen molar-refractivity contribution in [3.63, 3.8) is 0 Å². The molecular formula is C31H31FN6O2. The summed E-state index contributed by atoms with van der Waals surface area (Å²) in [6, 6.07) is 18.5. The predicted molar refractivity (Wildman–Crippen MR) is 151 cm³/mol. The molecule has 8 nitrogen and oxygen atoms in total. The smallest absolute Gasteiger partial charge is 0.254 e. The fraction of sp³-hybridized carbons (Fsp3) is 0.355. The van der Waals surface area contributed by atoms with Crippen molar-refractivity contribution in [1.29, 1.82) is 0 Å². The Labute approximate surface area is 231 Å². The molecule has 40 heavy (non-hydrogen) atoms. The van der Waals surface area contributed by atoms with Gasteiger partial charge in [0.15, 0.2) is 0 Å². The number of ether oxygens (including phenoxy) is 1. The van der Waals surface area contributed by atoms with E-state index in [0.717, 1.165) is 64.9 Å². The fourth-order valence-corrected chi connectivity index (χ4v) is 6.41. The Hall–Kier alpha value is -4.11. The molecule has 0 N–H and O–H groups in total. The van der Waals surface area contributed by atoms with Gasteiger partial charge < -0.3 is 14.2 Å². The first kappa shape index (κ1) is 24.9. The number of aryl methyl sites for hydroxylation is 2. The number of amides is 1. The fourth-order valence-electron chi connectivity index (χ4n) is 6.41. The molecule has 0 saturated carbocycles. The van der Waals surface area contributed by atoms with Crippen molar-refractivity contribution in [1.82, 2.24) is 29.4 Å². The summed E-state index contributed by atoms with van der Waals surface area (Å²) in [6.45, 7) is 3.69. The van der Waals surface area contributed by atoms with Gasteiger partial charge in [-0.25, -0.2) is 9.07 Å². The zero-order valence-electron chi connectivity index (χ0n) is 22.6. The summed E-state index contributed by atoms with van der Waals surface area (Å²) in [5.74, 6) is 0.195. The number of fused-ring (bicyclic) bond motifs is 3. The van der Waals surface area contributed by atoms with Gasteiger partial charge in [0.2, 0.25) is 0 Å². The molecule has 5 aromatic rings. The van der Waals surface area contributed by atoms with Crippen LogP contribution in [0.3, 0.4) is 0 Å². The summed E-state index contributed by atoms with van der Waals surface area (Å²) in [6.07, 6.45) is 2.80. The van der Waals surface area contributed by atoms with Gasteiger partial charge in [-0.15, -0.1) is 5.10 Å². The van der Waals surface area contributed by atoms with Crippen LogP contribution < -0.4 is 0 Å². The second-order valence-electron chi connectivity index (χ2n) is 11.0. The van der Waals surface area contributed by atoms with Crippen molar-refractivity contribution < 1.29 is 13.9 Å². The van der Waals surface area contributed by atoms with Crippen LogP contribution in [-0.4, -0.2) is 67.8 Å². The van der Waals surface area contributed by atoms with Crippen molar-refractivity contribution in [2.24, 2.45) is 13.0 Å². The monoisotopic (exact) mass is 538 g/mol. The van der Waals surface area contributed by atoms with Crippen LogP contribution in [0.2, 0.25) is 0 Å². The topological polar surface area (TPSA) is 78.1 Å². The van der Waals surface area contributed by atoms with Crippen LogP contribution in [0.15, 0.2) is 60.8 Å². The number of carbonyl (C=O) groups is 1. The van der Waals surface area contributed by atoms with E-state index in [1.807, 2.05) is 44.4 Å². The third kappa shape index (κ3) is 4.07. The van der Waals surface area contributed by atoms with Crippen LogP contribution in [0, 0.1) is 12.8 Å². The Bertz CT molecular complexity index is 1700. The number of hydrogen-bond acceptors (Lipinski definition) is 5. The highest BCUT2D eigenvalue weighted by molar-refractivity contribution is 6.09. The molecule has 2 saturated heterocycles. The Balaban J connectivity index is 1.49. The number of hydrogen-bond donors (Lipinski definition) is 0. The molecular weight excluding hydrogens is 507 g/mol. The largest absolute Gasteiger partial charge is 0.381 e. The zero-order valence-corrected chi connectivity index (χ0v) is 22.6. The summed E-state index contributed by atoms with van der Waals surface area (Å²) in [7, 11) is 1.89. The standard InChI is InChI=1S/C31H31FN6O2/c1-19-29(36(2)35-34-19)23-15-27-28(33-16-23)25-9-8-22(31(39)37-17-24(32)18-37)14-26(25)38(27)30(20-6-4-3-5-7-20)21-10-12-40-13-11-21/h3-9,14-16,21,24,30H,10-13,17-18H2,1-2H3. The highest BCUT2D eigenvalue weighted by Gasteiger charge is 2.33. The molecule has 0 bridgehead atoms. The highest BCUT2D eigenvalue weighted by Crippen LogP contribution is 2.41. The highest BCUT2D eigenvalue weighted by atomic mass is 19.1. The minimum absolute atomic E-state index is 0.0116. The van der Waals surface area contributed by atoms with Crippen molar-refractivity contribution in [2.45, 2.75) is 32.0 Å². The average molecular weight is 539 g/mol. The number of halogens is 1. The number of alkyl halides is 1. The quantitative estimate of drug-likeness (QED) is 0.311. The normalized spacial score (nSPS) is 17.4. The molecule has 5 heterocycles. The molecule has 0 spiro atoms.